The lowest BCUT2D eigenvalue weighted by atomic mass is 10.3. The number of benzene rings is 1. The second-order valence-corrected chi connectivity index (χ2v) is 4.66. The molecule has 0 aliphatic heterocycles. The van der Waals surface area contributed by atoms with E-state index in [1.807, 2.05) is 0 Å². The van der Waals surface area contributed by atoms with Gasteiger partial charge >= 0.3 is 0 Å². The quantitative estimate of drug-likeness (QED) is 0.651. The predicted octanol–water partition coefficient (Wildman–Crippen LogP) is 3.05. The van der Waals surface area contributed by atoms with Gasteiger partial charge in [-0.05, 0) is 34.1 Å². The molecule has 2 aromatic rings. The number of halogens is 1. The average Bonchev–Trinajstić information content (AvgIpc) is 2.85. The molecule has 0 spiro atoms. The van der Waals surface area contributed by atoms with Crippen LogP contribution in [0.25, 0.3) is 0 Å². The summed E-state index contributed by atoms with van der Waals surface area (Å²) in [6.07, 6.45) is 0. The molecule has 1 aromatic heterocycles. The van der Waals surface area contributed by atoms with Gasteiger partial charge < -0.3 is 14.8 Å². The van der Waals surface area contributed by atoms with Crippen molar-refractivity contribution >= 4 is 27.3 Å². The van der Waals surface area contributed by atoms with Crippen LogP contribution in [0.2, 0.25) is 0 Å². The second kappa shape index (κ2) is 5.85. The van der Waals surface area contributed by atoms with Crippen LogP contribution in [-0.2, 0) is 13.2 Å². The van der Waals surface area contributed by atoms with Crippen LogP contribution in [0.3, 0.4) is 0 Å². The van der Waals surface area contributed by atoms with E-state index in [1.165, 1.54) is 12.1 Å². The Morgan fingerprint density at radius 1 is 1.32 bits per heavy atom. The highest BCUT2D eigenvalue weighted by molar-refractivity contribution is 9.10. The third kappa shape index (κ3) is 3.33. The van der Waals surface area contributed by atoms with Crippen molar-refractivity contribution in [3.8, 4) is 0 Å². The van der Waals surface area contributed by atoms with E-state index in [2.05, 4.69) is 21.2 Å². The molecule has 0 saturated carbocycles. The number of aliphatic hydroxyl groups is 1. The Hall–Kier alpha value is -1.86. The standard InChI is InChI=1S/C12H11BrN2O4/c13-11-4-1-8(15(17)18)5-12(11)14-6-9-2-3-10(7-16)19-9/h1-5,14,16H,6-7H2. The molecule has 0 saturated heterocycles. The third-order valence-electron chi connectivity index (χ3n) is 2.49. The van der Waals surface area contributed by atoms with Crippen LogP contribution in [-0.4, -0.2) is 10.0 Å². The lowest BCUT2D eigenvalue weighted by Gasteiger charge is -2.06. The number of anilines is 1. The van der Waals surface area contributed by atoms with E-state index < -0.39 is 4.92 Å². The zero-order chi connectivity index (χ0) is 13.8. The molecule has 2 rings (SSSR count). The molecule has 0 aliphatic carbocycles. The summed E-state index contributed by atoms with van der Waals surface area (Å²) < 4.78 is 6.04. The lowest BCUT2D eigenvalue weighted by molar-refractivity contribution is -0.384. The number of nitro benzene ring substituents is 1. The van der Waals surface area contributed by atoms with Gasteiger partial charge in [0.05, 0.1) is 17.2 Å². The SMILES string of the molecule is O=[N+]([O-])c1ccc(Br)c(NCc2ccc(CO)o2)c1. The van der Waals surface area contributed by atoms with E-state index in [1.54, 1.807) is 18.2 Å². The van der Waals surface area contributed by atoms with Gasteiger partial charge in [0.1, 0.15) is 18.1 Å². The summed E-state index contributed by atoms with van der Waals surface area (Å²) in [6, 6.07) is 7.90. The molecule has 1 aromatic carbocycles. The van der Waals surface area contributed by atoms with E-state index in [4.69, 9.17) is 9.52 Å². The molecule has 0 fully saturated rings. The summed E-state index contributed by atoms with van der Waals surface area (Å²) in [5.74, 6) is 1.12. The number of non-ortho nitro benzene ring substituents is 1. The van der Waals surface area contributed by atoms with Gasteiger partial charge in [0.2, 0.25) is 0 Å². The van der Waals surface area contributed by atoms with Crippen molar-refractivity contribution in [2.75, 3.05) is 5.32 Å². The van der Waals surface area contributed by atoms with Gasteiger partial charge in [-0.25, -0.2) is 0 Å². The molecule has 0 amide bonds. The first-order valence-electron chi connectivity index (χ1n) is 5.46. The molecule has 0 bridgehead atoms. The Morgan fingerprint density at radius 2 is 2.05 bits per heavy atom. The van der Waals surface area contributed by atoms with E-state index in [0.29, 0.717) is 23.8 Å². The number of furan rings is 1. The molecule has 19 heavy (non-hydrogen) atoms. The van der Waals surface area contributed by atoms with Crippen molar-refractivity contribution in [3.63, 3.8) is 0 Å². The molecule has 7 heteroatoms. The Kier molecular flexibility index (Phi) is 4.18. The van der Waals surface area contributed by atoms with Crippen LogP contribution in [0.15, 0.2) is 39.2 Å². The minimum Gasteiger partial charge on any atom is -0.462 e. The second-order valence-electron chi connectivity index (χ2n) is 3.80. The number of aliphatic hydroxyl groups excluding tert-OH is 1. The highest BCUT2D eigenvalue weighted by Crippen LogP contribution is 2.27. The molecule has 0 unspecified atom stereocenters. The molecule has 0 atom stereocenters. The number of hydrogen-bond acceptors (Lipinski definition) is 5. The highest BCUT2D eigenvalue weighted by Gasteiger charge is 2.10. The molecule has 0 radical (unpaired) electrons. The lowest BCUT2D eigenvalue weighted by Crippen LogP contribution is -2.00. The summed E-state index contributed by atoms with van der Waals surface area (Å²) in [6.45, 7) is 0.222. The minimum absolute atomic E-state index is 0.0150. The van der Waals surface area contributed by atoms with Crippen molar-refractivity contribution in [2.45, 2.75) is 13.2 Å². The van der Waals surface area contributed by atoms with Gasteiger partial charge in [0, 0.05) is 16.6 Å². The summed E-state index contributed by atoms with van der Waals surface area (Å²) in [4.78, 5) is 10.2. The van der Waals surface area contributed by atoms with Crippen LogP contribution >= 0.6 is 15.9 Å². The molecule has 1 heterocycles. The Labute approximate surface area is 117 Å². The summed E-state index contributed by atoms with van der Waals surface area (Å²) in [5.41, 5.74) is 0.623. The van der Waals surface area contributed by atoms with Gasteiger partial charge in [0.15, 0.2) is 0 Å². The average molecular weight is 327 g/mol. The first kappa shape index (κ1) is 13.6. The van der Waals surface area contributed by atoms with Gasteiger partial charge in [0.25, 0.3) is 5.69 Å². The van der Waals surface area contributed by atoms with Crippen LogP contribution in [0.4, 0.5) is 11.4 Å². The molecular formula is C12H11BrN2O4. The molecular weight excluding hydrogens is 316 g/mol. The number of nitrogens with one attached hydrogen (secondary N) is 1. The minimum atomic E-state index is -0.450. The Bertz CT molecular complexity index is 597. The summed E-state index contributed by atoms with van der Waals surface area (Å²) in [7, 11) is 0. The van der Waals surface area contributed by atoms with Crippen molar-refractivity contribution in [2.24, 2.45) is 0 Å². The van der Waals surface area contributed by atoms with Crippen LogP contribution in [0.5, 0.6) is 0 Å². The fourth-order valence-corrected chi connectivity index (χ4v) is 1.93. The topological polar surface area (TPSA) is 88.5 Å². The van der Waals surface area contributed by atoms with Crippen molar-refractivity contribution in [1.29, 1.82) is 0 Å². The fraction of sp³-hybridized carbons (Fsp3) is 0.167. The van der Waals surface area contributed by atoms with Crippen molar-refractivity contribution < 1.29 is 14.4 Å². The molecule has 6 nitrogen and oxygen atoms in total. The highest BCUT2D eigenvalue weighted by atomic mass is 79.9. The number of nitro groups is 1. The number of rotatable bonds is 5. The van der Waals surface area contributed by atoms with E-state index in [9.17, 15) is 10.1 Å². The first-order chi connectivity index (χ1) is 9.10. The van der Waals surface area contributed by atoms with Crippen LogP contribution in [0.1, 0.15) is 11.5 Å². The predicted molar refractivity (Wildman–Crippen MR) is 72.8 cm³/mol. The zero-order valence-electron chi connectivity index (χ0n) is 9.80. The monoisotopic (exact) mass is 326 g/mol. The normalized spacial score (nSPS) is 10.4. The maximum Gasteiger partial charge on any atom is 0.271 e. The largest absolute Gasteiger partial charge is 0.462 e. The van der Waals surface area contributed by atoms with E-state index in [0.717, 1.165) is 4.47 Å². The van der Waals surface area contributed by atoms with Crippen molar-refractivity contribution in [3.05, 3.63) is 56.4 Å². The molecule has 100 valence electrons. The third-order valence-corrected chi connectivity index (χ3v) is 3.18. The fourth-order valence-electron chi connectivity index (χ4n) is 1.55. The van der Waals surface area contributed by atoms with Crippen LogP contribution in [0, 0.1) is 10.1 Å². The van der Waals surface area contributed by atoms with Gasteiger partial charge in [-0.1, -0.05) is 0 Å². The number of nitrogens with zero attached hydrogens (tertiary/aromatic N) is 1. The Morgan fingerprint density at radius 3 is 2.68 bits per heavy atom. The van der Waals surface area contributed by atoms with E-state index >= 15 is 0 Å². The van der Waals surface area contributed by atoms with Gasteiger partial charge in [-0.15, -0.1) is 0 Å². The maximum atomic E-state index is 10.7. The van der Waals surface area contributed by atoms with Gasteiger partial charge in [-0.3, -0.25) is 10.1 Å². The molecule has 2 N–H and O–H groups in total. The maximum absolute atomic E-state index is 10.7. The van der Waals surface area contributed by atoms with Crippen molar-refractivity contribution in [1.82, 2.24) is 0 Å². The van der Waals surface area contributed by atoms with Crippen LogP contribution < -0.4 is 5.32 Å². The first-order valence-corrected chi connectivity index (χ1v) is 6.25. The van der Waals surface area contributed by atoms with E-state index in [-0.39, 0.29) is 12.3 Å². The number of hydrogen-bond donors (Lipinski definition) is 2. The zero-order valence-corrected chi connectivity index (χ0v) is 11.4. The molecule has 0 aliphatic rings. The Balaban J connectivity index is 2.10. The summed E-state index contributed by atoms with van der Waals surface area (Å²) >= 11 is 3.32. The smallest absolute Gasteiger partial charge is 0.271 e. The summed E-state index contributed by atoms with van der Waals surface area (Å²) in [5, 5.41) is 22.6. The van der Waals surface area contributed by atoms with Gasteiger partial charge in [-0.2, -0.15) is 0 Å².